The molecule has 4 nitrogen and oxygen atoms in total. The zero-order valence-corrected chi connectivity index (χ0v) is 52.2. The second kappa shape index (κ2) is 18.1. The first-order valence-electron chi connectivity index (χ1n) is 31.1. The highest BCUT2D eigenvalue weighted by molar-refractivity contribution is 7.00. The summed E-state index contributed by atoms with van der Waals surface area (Å²) in [4.78, 5) is 7.81. The van der Waals surface area contributed by atoms with Gasteiger partial charge in [0.2, 0.25) is 0 Å². The van der Waals surface area contributed by atoms with E-state index in [1.54, 1.807) is 0 Å². The highest BCUT2D eigenvalue weighted by atomic mass is 16.3. The molecule has 14 rings (SSSR count). The van der Waals surface area contributed by atoms with Gasteiger partial charge < -0.3 is 19.1 Å². The lowest BCUT2D eigenvalue weighted by Crippen LogP contribution is -2.61. The van der Waals surface area contributed by atoms with Gasteiger partial charge in [0.25, 0.3) is 6.71 Å². The molecule has 0 unspecified atom stereocenters. The Kier molecular flexibility index (Phi) is 11.7. The summed E-state index contributed by atoms with van der Waals surface area (Å²) < 4.78 is 7.85. The molecule has 0 saturated heterocycles. The quantitative estimate of drug-likeness (QED) is 0.155. The molecule has 2 aliphatic heterocycles. The topological polar surface area (TPSA) is 22.9 Å². The smallest absolute Gasteiger partial charge is 0.297 e. The number of fused-ring (bicyclic) bond motifs is 9. The molecule has 1 aromatic heterocycles. The van der Waals surface area contributed by atoms with E-state index in [1.807, 2.05) is 0 Å². The summed E-state index contributed by atoms with van der Waals surface area (Å²) in [5.74, 6) is 0. The number of hydrogen-bond acceptors (Lipinski definition) is 4. The molecule has 5 heteroatoms. The highest BCUT2D eigenvalue weighted by Gasteiger charge is 2.50. The summed E-state index contributed by atoms with van der Waals surface area (Å²) in [7, 11) is 0. The zero-order chi connectivity index (χ0) is 58.1. The van der Waals surface area contributed by atoms with Crippen LogP contribution in [0.4, 0.5) is 51.2 Å². The summed E-state index contributed by atoms with van der Waals surface area (Å²) in [6.45, 7) is 36.3. The molecule has 420 valence electrons. The van der Waals surface area contributed by atoms with Crippen molar-refractivity contribution in [3.63, 3.8) is 0 Å². The van der Waals surface area contributed by atoms with Gasteiger partial charge in [-0.2, -0.15) is 0 Å². The van der Waals surface area contributed by atoms with Gasteiger partial charge in [-0.3, -0.25) is 0 Å². The minimum atomic E-state index is -0.212. The molecule has 0 bridgehead atoms. The molecular weight excluding hydrogens is 1010 g/mol. The highest BCUT2D eigenvalue weighted by Crippen LogP contribution is 2.56. The number of anilines is 9. The lowest BCUT2D eigenvalue weighted by atomic mass is 9.35. The Morgan fingerprint density at radius 3 is 1.41 bits per heavy atom. The van der Waals surface area contributed by atoms with Crippen molar-refractivity contribution in [1.82, 2.24) is 0 Å². The molecular formula is C78H84BN3O. The summed E-state index contributed by atoms with van der Waals surface area (Å²) >= 11 is 0. The second-order valence-electron chi connectivity index (χ2n) is 30.6. The van der Waals surface area contributed by atoms with E-state index in [2.05, 4.69) is 282 Å². The Hall–Kier alpha value is -7.24. The number of hydrogen-bond donors (Lipinski definition) is 0. The van der Waals surface area contributed by atoms with Crippen LogP contribution in [0.5, 0.6) is 0 Å². The molecule has 0 atom stereocenters. The maximum absolute atomic E-state index is 7.85. The lowest BCUT2D eigenvalue weighted by Gasteiger charge is -2.46. The van der Waals surface area contributed by atoms with Crippen LogP contribution in [-0.4, -0.2) is 6.71 Å². The fraction of sp³-hybridized carbons (Fsp3) is 0.359. The van der Waals surface area contributed by atoms with Gasteiger partial charge in [-0.05, 0) is 216 Å². The molecule has 0 saturated carbocycles. The zero-order valence-electron chi connectivity index (χ0n) is 52.2. The van der Waals surface area contributed by atoms with Crippen molar-refractivity contribution in [2.75, 3.05) is 14.7 Å². The predicted octanol–water partition coefficient (Wildman–Crippen LogP) is 20.0. The number of rotatable bonds is 6. The van der Waals surface area contributed by atoms with Crippen molar-refractivity contribution >= 4 is 85.5 Å². The summed E-state index contributed by atoms with van der Waals surface area (Å²) in [5, 5.41) is 1.19. The van der Waals surface area contributed by atoms with Gasteiger partial charge in [0.05, 0.1) is 17.0 Å². The van der Waals surface area contributed by atoms with Gasteiger partial charge in [-0.1, -0.05) is 189 Å². The third-order valence-corrected chi connectivity index (χ3v) is 21.2. The number of furan rings is 1. The van der Waals surface area contributed by atoms with Crippen molar-refractivity contribution < 1.29 is 4.42 Å². The van der Waals surface area contributed by atoms with Crippen molar-refractivity contribution in [2.45, 2.75) is 180 Å². The van der Waals surface area contributed by atoms with Crippen molar-refractivity contribution in [1.29, 1.82) is 0 Å². The SMILES string of the molecule is CC(C)(C)c1ccc2c(c1)B1c3oc4cc5c(cc4c3N(c3ccc4c(c3)C(C)(C)CCC4(C)C)c3cc(N(c4ccccc4)c4ccc(-c6ccccc6)cc4)cc(c31)N2c1ccc2c(c1)C(C)(C)CCC2(C)C)C(C)(C)CCC5(C)C. The van der Waals surface area contributed by atoms with Gasteiger partial charge in [0.1, 0.15) is 5.58 Å². The Balaban J connectivity index is 1.13. The first kappa shape index (κ1) is 53.8. The normalized spacial score (nSPS) is 19.0. The Bertz CT molecular complexity index is 4090. The van der Waals surface area contributed by atoms with E-state index in [0.29, 0.717) is 0 Å². The third kappa shape index (κ3) is 8.42. The summed E-state index contributed by atoms with van der Waals surface area (Å²) in [6.07, 6.45) is 6.86. The van der Waals surface area contributed by atoms with Crippen LogP contribution in [0.15, 0.2) is 168 Å². The molecule has 0 amide bonds. The van der Waals surface area contributed by atoms with E-state index < -0.39 is 0 Å². The molecule has 83 heavy (non-hydrogen) atoms. The van der Waals surface area contributed by atoms with E-state index in [9.17, 15) is 0 Å². The van der Waals surface area contributed by atoms with Crippen molar-refractivity contribution in [3.05, 3.63) is 203 Å². The van der Waals surface area contributed by atoms with Crippen LogP contribution >= 0.6 is 0 Å². The first-order chi connectivity index (χ1) is 39.2. The van der Waals surface area contributed by atoms with Crippen molar-refractivity contribution in [3.8, 4) is 11.1 Å². The second-order valence-corrected chi connectivity index (χ2v) is 30.6. The average molecular weight is 1090 g/mol. The monoisotopic (exact) mass is 1090 g/mol. The Morgan fingerprint density at radius 1 is 0.410 bits per heavy atom. The molecule has 5 aliphatic rings. The molecule has 8 aromatic carbocycles. The van der Waals surface area contributed by atoms with E-state index >= 15 is 0 Å². The minimum absolute atomic E-state index is 0.00629. The maximum Gasteiger partial charge on any atom is 0.297 e. The molecule has 3 aliphatic carbocycles. The maximum atomic E-state index is 7.85. The Morgan fingerprint density at radius 2 is 0.867 bits per heavy atom. The fourth-order valence-electron chi connectivity index (χ4n) is 15.6. The fourth-order valence-corrected chi connectivity index (χ4v) is 15.6. The van der Waals surface area contributed by atoms with Crippen LogP contribution in [0, 0.1) is 0 Å². The van der Waals surface area contributed by atoms with Crippen LogP contribution in [-0.2, 0) is 37.9 Å². The van der Waals surface area contributed by atoms with E-state index in [-0.39, 0.29) is 44.6 Å². The lowest BCUT2D eigenvalue weighted by molar-refractivity contribution is 0.332. The van der Waals surface area contributed by atoms with Crippen LogP contribution in [0.25, 0.3) is 22.1 Å². The molecule has 0 radical (unpaired) electrons. The van der Waals surface area contributed by atoms with E-state index in [4.69, 9.17) is 4.42 Å². The summed E-state index contributed by atoms with van der Waals surface area (Å²) in [6, 6.07) is 63.5. The predicted molar refractivity (Wildman–Crippen MR) is 355 cm³/mol. The van der Waals surface area contributed by atoms with E-state index in [1.165, 1.54) is 101 Å². The van der Waals surface area contributed by atoms with Crippen LogP contribution in [0.3, 0.4) is 0 Å². The standard InChI is InChI=1S/C78H84BN3O/c1-72(2,3)51-28-35-65-64(42-51)79-69-66(81(65)54-31-33-58-60(43-54)75(8,9)38-36-73(58,4)5)45-56(80(52-24-20-17-21-25-52)53-29-26-50(27-30-53)49-22-18-16-19-23-49)46-67(69)82(55-32-34-59-61(44-55)76(10,11)39-37-74(59,6)7)70-57-47-62-63(48-68(57)83-71(70)79)78(14,15)41-40-77(62,12)13/h16-35,42-48H,36-41H2,1-15H3. The molecule has 0 spiro atoms. The van der Waals surface area contributed by atoms with Crippen LogP contribution in [0.2, 0.25) is 0 Å². The first-order valence-corrected chi connectivity index (χ1v) is 31.1. The Labute approximate surface area is 496 Å². The van der Waals surface area contributed by atoms with Crippen LogP contribution in [0.1, 0.15) is 181 Å². The van der Waals surface area contributed by atoms with Gasteiger partial charge in [0, 0.05) is 45.2 Å². The van der Waals surface area contributed by atoms with Gasteiger partial charge in [0.15, 0.2) is 0 Å². The molecule has 0 N–H and O–H groups in total. The molecule has 3 heterocycles. The van der Waals surface area contributed by atoms with Gasteiger partial charge >= 0.3 is 0 Å². The van der Waals surface area contributed by atoms with Gasteiger partial charge in [-0.15, -0.1) is 0 Å². The minimum Gasteiger partial charge on any atom is -0.468 e. The summed E-state index contributed by atoms with van der Waals surface area (Å²) in [5.41, 5.74) is 27.3. The number of para-hydroxylation sites is 1. The number of benzene rings is 8. The van der Waals surface area contributed by atoms with Gasteiger partial charge in [-0.25, -0.2) is 0 Å². The molecule has 9 aromatic rings. The van der Waals surface area contributed by atoms with Crippen LogP contribution < -0.4 is 31.3 Å². The van der Waals surface area contributed by atoms with Crippen molar-refractivity contribution in [2.24, 2.45) is 0 Å². The molecule has 0 fully saturated rings. The largest absolute Gasteiger partial charge is 0.468 e. The number of nitrogens with zero attached hydrogens (tertiary/aromatic N) is 3. The average Bonchev–Trinajstić information content (AvgIpc) is 1.96. The van der Waals surface area contributed by atoms with E-state index in [0.717, 1.165) is 66.1 Å². The third-order valence-electron chi connectivity index (χ3n) is 21.2.